The van der Waals surface area contributed by atoms with Crippen LogP contribution in [-0.2, 0) is 11.2 Å². The van der Waals surface area contributed by atoms with Gasteiger partial charge in [-0.2, -0.15) is 0 Å². The smallest absolute Gasteiger partial charge is 0.339 e. The second kappa shape index (κ2) is 8.90. The van der Waals surface area contributed by atoms with Gasteiger partial charge < -0.3 is 23.9 Å². The van der Waals surface area contributed by atoms with Crippen molar-refractivity contribution >= 4 is 22.6 Å². The molecule has 158 valence electrons. The highest BCUT2D eigenvalue weighted by atomic mass is 16.5. The first kappa shape index (κ1) is 21.2. The lowest BCUT2D eigenvalue weighted by atomic mass is 10.00. The van der Waals surface area contributed by atoms with Crippen LogP contribution in [0.15, 0.2) is 39.5 Å². The van der Waals surface area contributed by atoms with Crippen LogP contribution in [0, 0.1) is 13.8 Å². The molecule has 0 atom stereocenters. The molecule has 0 aliphatic carbocycles. The Kier molecular flexibility index (Phi) is 6.30. The van der Waals surface area contributed by atoms with E-state index in [1.54, 1.807) is 32.4 Å². The summed E-state index contributed by atoms with van der Waals surface area (Å²) in [5.74, 6) is 1.54. The van der Waals surface area contributed by atoms with E-state index in [4.69, 9.17) is 18.6 Å². The highest BCUT2D eigenvalue weighted by molar-refractivity contribution is 5.92. The molecule has 0 bridgehead atoms. The second-order valence-corrected chi connectivity index (χ2v) is 6.88. The molecule has 2 aromatic carbocycles. The van der Waals surface area contributed by atoms with E-state index in [1.165, 1.54) is 7.11 Å². The lowest BCUT2D eigenvalue weighted by Gasteiger charge is -2.13. The monoisotopic (exact) mass is 411 g/mol. The van der Waals surface area contributed by atoms with Crippen molar-refractivity contribution in [3.8, 4) is 17.2 Å². The fourth-order valence-electron chi connectivity index (χ4n) is 3.43. The molecule has 7 heteroatoms. The zero-order chi connectivity index (χ0) is 21.8. The van der Waals surface area contributed by atoms with E-state index >= 15 is 0 Å². The molecule has 3 aromatic rings. The Morgan fingerprint density at radius 2 is 1.70 bits per heavy atom. The molecule has 1 heterocycles. The number of carbonyl (C=O) groups is 1. The van der Waals surface area contributed by atoms with Crippen molar-refractivity contribution in [3.63, 3.8) is 0 Å². The summed E-state index contributed by atoms with van der Waals surface area (Å²) in [6.07, 6.45) is 0.390. The van der Waals surface area contributed by atoms with Crippen LogP contribution in [0.4, 0.5) is 5.69 Å². The number of hydrogen-bond donors (Lipinski definition) is 1. The molecule has 0 saturated carbocycles. The standard InChI is InChI=1S/C23H25NO6/c1-13-16-7-10-19(28-4)14(2)22(16)30-23(26)17(13)8-11-21(25)24-18-9-6-15(27-3)12-20(18)29-5/h6-7,9-10,12H,8,11H2,1-5H3,(H,24,25). The summed E-state index contributed by atoms with van der Waals surface area (Å²) in [7, 11) is 4.65. The topological polar surface area (TPSA) is 87.0 Å². The molecule has 0 spiro atoms. The number of rotatable bonds is 7. The van der Waals surface area contributed by atoms with Gasteiger partial charge in [0.25, 0.3) is 0 Å². The first-order valence-electron chi connectivity index (χ1n) is 9.51. The number of fused-ring (bicyclic) bond motifs is 1. The fraction of sp³-hybridized carbons (Fsp3) is 0.304. The number of anilines is 1. The third kappa shape index (κ3) is 4.10. The Morgan fingerprint density at radius 3 is 2.37 bits per heavy atom. The lowest BCUT2D eigenvalue weighted by molar-refractivity contribution is -0.116. The second-order valence-electron chi connectivity index (χ2n) is 6.88. The number of benzene rings is 2. The minimum Gasteiger partial charge on any atom is -0.497 e. The fourth-order valence-corrected chi connectivity index (χ4v) is 3.43. The van der Waals surface area contributed by atoms with E-state index in [1.807, 2.05) is 26.0 Å². The SMILES string of the molecule is COc1ccc(NC(=O)CCc2c(C)c3ccc(OC)c(C)c3oc2=O)c(OC)c1. The molecule has 0 saturated heterocycles. The van der Waals surface area contributed by atoms with Gasteiger partial charge in [0.05, 0.1) is 27.0 Å². The zero-order valence-corrected chi connectivity index (χ0v) is 17.8. The maximum absolute atomic E-state index is 12.6. The number of methoxy groups -OCH3 is 3. The van der Waals surface area contributed by atoms with Crippen LogP contribution in [-0.4, -0.2) is 27.2 Å². The molecule has 1 amide bonds. The van der Waals surface area contributed by atoms with Crippen LogP contribution < -0.4 is 25.2 Å². The van der Waals surface area contributed by atoms with E-state index in [0.29, 0.717) is 34.1 Å². The minimum atomic E-state index is -0.439. The molecule has 3 rings (SSSR count). The molecule has 1 N–H and O–H groups in total. The maximum atomic E-state index is 12.6. The Balaban J connectivity index is 1.80. The van der Waals surface area contributed by atoms with Crippen LogP contribution in [0.1, 0.15) is 23.1 Å². The molecular formula is C23H25NO6. The van der Waals surface area contributed by atoms with Crippen LogP contribution in [0.5, 0.6) is 17.2 Å². The van der Waals surface area contributed by atoms with Gasteiger partial charge in [-0.15, -0.1) is 0 Å². The van der Waals surface area contributed by atoms with Gasteiger partial charge in [0.2, 0.25) is 5.91 Å². The average Bonchev–Trinajstić information content (AvgIpc) is 2.74. The van der Waals surface area contributed by atoms with Crippen molar-refractivity contribution in [2.24, 2.45) is 0 Å². The van der Waals surface area contributed by atoms with Gasteiger partial charge in [-0.25, -0.2) is 4.79 Å². The normalized spacial score (nSPS) is 10.7. The summed E-state index contributed by atoms with van der Waals surface area (Å²) in [4.78, 5) is 25.1. The summed E-state index contributed by atoms with van der Waals surface area (Å²) in [6.45, 7) is 3.71. The highest BCUT2D eigenvalue weighted by Gasteiger charge is 2.16. The van der Waals surface area contributed by atoms with Gasteiger partial charge in [-0.1, -0.05) is 0 Å². The number of aryl methyl sites for hydroxylation is 2. The van der Waals surface area contributed by atoms with Crippen molar-refractivity contribution in [1.82, 2.24) is 0 Å². The number of hydrogen-bond acceptors (Lipinski definition) is 6. The quantitative estimate of drug-likeness (QED) is 0.591. The van der Waals surface area contributed by atoms with Gasteiger partial charge in [-0.05, 0) is 50.1 Å². The third-order valence-corrected chi connectivity index (χ3v) is 5.16. The summed E-state index contributed by atoms with van der Waals surface area (Å²) < 4.78 is 21.3. The van der Waals surface area contributed by atoms with Crippen molar-refractivity contribution < 1.29 is 23.4 Å². The summed E-state index contributed by atoms with van der Waals surface area (Å²) in [5.41, 5.74) is 2.67. The van der Waals surface area contributed by atoms with Crippen molar-refractivity contribution in [1.29, 1.82) is 0 Å². The first-order valence-corrected chi connectivity index (χ1v) is 9.51. The van der Waals surface area contributed by atoms with Crippen molar-refractivity contribution in [2.45, 2.75) is 26.7 Å². The Hall–Kier alpha value is -3.48. The summed E-state index contributed by atoms with van der Waals surface area (Å²) in [5, 5.41) is 3.65. The molecule has 1 aromatic heterocycles. The largest absolute Gasteiger partial charge is 0.497 e. The van der Waals surface area contributed by atoms with Gasteiger partial charge in [-0.3, -0.25) is 4.79 Å². The molecule has 0 fully saturated rings. The summed E-state index contributed by atoms with van der Waals surface area (Å²) in [6, 6.07) is 8.84. The van der Waals surface area contributed by atoms with E-state index in [-0.39, 0.29) is 18.7 Å². The van der Waals surface area contributed by atoms with Crippen molar-refractivity contribution in [2.75, 3.05) is 26.6 Å². The Labute approximate surface area is 174 Å². The van der Waals surface area contributed by atoms with Crippen LogP contribution in [0.2, 0.25) is 0 Å². The third-order valence-electron chi connectivity index (χ3n) is 5.16. The number of nitrogens with one attached hydrogen (secondary N) is 1. The van der Waals surface area contributed by atoms with E-state index < -0.39 is 5.63 Å². The van der Waals surface area contributed by atoms with Crippen molar-refractivity contribution in [3.05, 3.63) is 57.4 Å². The predicted molar refractivity (Wildman–Crippen MR) is 115 cm³/mol. The summed E-state index contributed by atoms with van der Waals surface area (Å²) >= 11 is 0. The number of amides is 1. The molecule has 0 aliphatic rings. The van der Waals surface area contributed by atoms with Crippen LogP contribution in [0.3, 0.4) is 0 Å². The van der Waals surface area contributed by atoms with Crippen LogP contribution >= 0.6 is 0 Å². The van der Waals surface area contributed by atoms with Gasteiger partial charge in [0.15, 0.2) is 0 Å². The molecule has 7 nitrogen and oxygen atoms in total. The minimum absolute atomic E-state index is 0.126. The molecule has 30 heavy (non-hydrogen) atoms. The molecule has 0 aliphatic heterocycles. The Morgan fingerprint density at radius 1 is 0.967 bits per heavy atom. The van der Waals surface area contributed by atoms with E-state index in [2.05, 4.69) is 5.32 Å². The zero-order valence-electron chi connectivity index (χ0n) is 17.8. The van der Waals surface area contributed by atoms with Gasteiger partial charge in [0, 0.05) is 29.0 Å². The average molecular weight is 411 g/mol. The number of carbonyl (C=O) groups excluding carboxylic acids is 1. The van der Waals surface area contributed by atoms with Gasteiger partial charge >= 0.3 is 5.63 Å². The van der Waals surface area contributed by atoms with E-state index in [9.17, 15) is 9.59 Å². The predicted octanol–water partition coefficient (Wildman–Crippen LogP) is 4.01. The number of ether oxygens (including phenoxy) is 3. The van der Waals surface area contributed by atoms with Crippen LogP contribution in [0.25, 0.3) is 11.0 Å². The first-order chi connectivity index (χ1) is 14.4. The molecular weight excluding hydrogens is 386 g/mol. The maximum Gasteiger partial charge on any atom is 0.339 e. The lowest BCUT2D eigenvalue weighted by Crippen LogP contribution is -2.17. The Bertz CT molecular complexity index is 1150. The highest BCUT2D eigenvalue weighted by Crippen LogP contribution is 2.30. The molecule has 0 unspecified atom stereocenters. The molecule has 0 radical (unpaired) electrons. The van der Waals surface area contributed by atoms with E-state index in [0.717, 1.165) is 16.5 Å². The van der Waals surface area contributed by atoms with Gasteiger partial charge in [0.1, 0.15) is 22.8 Å².